The predicted octanol–water partition coefficient (Wildman–Crippen LogP) is 7.31. The van der Waals surface area contributed by atoms with Crippen LogP contribution in [0.1, 0.15) is 103 Å². The Kier molecular flexibility index (Phi) is 7.96. The van der Waals surface area contributed by atoms with Crippen molar-refractivity contribution in [2.45, 2.75) is 96.8 Å². The lowest BCUT2D eigenvalue weighted by Gasteiger charge is -2.27. The fourth-order valence-electron chi connectivity index (χ4n) is 3.95. The van der Waals surface area contributed by atoms with Gasteiger partial charge in [-0.3, -0.25) is 0 Å². The van der Waals surface area contributed by atoms with Gasteiger partial charge in [-0.25, -0.2) is 0 Å². The van der Waals surface area contributed by atoms with E-state index in [9.17, 15) is 5.11 Å². The SMILES string of the molecule is CC(C)c1cccc([Si]CSc2cc(C(C)(C)C)c(O)cc2C(C)(C)C)c1C(C)C. The van der Waals surface area contributed by atoms with Crippen LogP contribution in [0.3, 0.4) is 0 Å². The Balaban J connectivity index is 2.35. The van der Waals surface area contributed by atoms with Gasteiger partial charge in [0.2, 0.25) is 0 Å². The van der Waals surface area contributed by atoms with Gasteiger partial charge in [-0.2, -0.15) is 0 Å². The Hall–Kier alpha value is -1.19. The van der Waals surface area contributed by atoms with E-state index in [1.54, 1.807) is 5.56 Å². The van der Waals surface area contributed by atoms with Gasteiger partial charge in [0.15, 0.2) is 0 Å². The molecule has 0 aliphatic rings. The summed E-state index contributed by atoms with van der Waals surface area (Å²) >= 11 is 1.94. The molecule has 2 aromatic carbocycles. The highest BCUT2D eigenvalue weighted by atomic mass is 32.2. The zero-order valence-corrected chi connectivity index (χ0v) is 22.4. The zero-order chi connectivity index (χ0) is 22.9. The third-order valence-electron chi connectivity index (χ3n) is 5.54. The highest BCUT2D eigenvalue weighted by Gasteiger charge is 2.25. The van der Waals surface area contributed by atoms with Gasteiger partial charge in [-0.15, -0.1) is 11.8 Å². The summed E-state index contributed by atoms with van der Waals surface area (Å²) in [5, 5.41) is 13.3. The molecular formula is C27H40OSSi. The van der Waals surface area contributed by atoms with Crippen LogP contribution in [0.15, 0.2) is 35.2 Å². The standard InChI is InChI=1S/C27H40OSSi/c1-17(2)19-12-11-13-24(25(19)18(3)4)30-16-29-23-15-20(26(5,6)7)22(28)14-21(23)27(8,9)10/h11-15,17-18,28H,16H2,1-10H3. The molecule has 0 amide bonds. The molecule has 2 radical (unpaired) electrons. The molecule has 2 aromatic rings. The van der Waals surface area contributed by atoms with Gasteiger partial charge in [-0.05, 0) is 56.9 Å². The van der Waals surface area contributed by atoms with Crippen LogP contribution in [0.25, 0.3) is 0 Å². The highest BCUT2D eigenvalue weighted by Crippen LogP contribution is 2.40. The minimum Gasteiger partial charge on any atom is -0.508 e. The second-order valence-electron chi connectivity index (χ2n) is 10.9. The number of rotatable bonds is 6. The number of phenolic OH excluding ortho intramolecular Hbond substituents is 1. The quantitative estimate of drug-likeness (QED) is 0.375. The molecule has 1 N–H and O–H groups in total. The Labute approximate surface area is 191 Å². The van der Waals surface area contributed by atoms with Gasteiger partial charge in [0, 0.05) is 10.5 Å². The van der Waals surface area contributed by atoms with Crippen LogP contribution >= 0.6 is 11.8 Å². The van der Waals surface area contributed by atoms with Crippen LogP contribution in [0, 0.1) is 0 Å². The minimum absolute atomic E-state index is 0.00000905. The maximum atomic E-state index is 10.7. The molecule has 0 aromatic heterocycles. The van der Waals surface area contributed by atoms with Crippen molar-refractivity contribution >= 4 is 26.5 Å². The van der Waals surface area contributed by atoms with E-state index < -0.39 is 0 Å². The number of thioether (sulfide) groups is 1. The van der Waals surface area contributed by atoms with Crippen molar-refractivity contribution in [1.29, 1.82) is 0 Å². The lowest BCUT2D eigenvalue weighted by atomic mass is 9.81. The molecule has 3 heteroatoms. The summed E-state index contributed by atoms with van der Waals surface area (Å²) in [5.41, 5.74) is 5.24. The first-order chi connectivity index (χ1) is 13.7. The first-order valence-corrected chi connectivity index (χ1v) is 13.3. The van der Waals surface area contributed by atoms with E-state index in [4.69, 9.17) is 0 Å². The maximum Gasteiger partial charge on any atom is 0.119 e. The zero-order valence-electron chi connectivity index (χ0n) is 20.6. The van der Waals surface area contributed by atoms with Crippen LogP contribution < -0.4 is 5.19 Å². The van der Waals surface area contributed by atoms with Gasteiger partial charge < -0.3 is 5.11 Å². The molecule has 30 heavy (non-hydrogen) atoms. The lowest BCUT2D eigenvalue weighted by molar-refractivity contribution is 0.441. The molecule has 0 aliphatic carbocycles. The van der Waals surface area contributed by atoms with E-state index in [-0.39, 0.29) is 10.8 Å². The molecule has 2 rings (SSSR count). The Morgan fingerprint density at radius 3 is 1.97 bits per heavy atom. The van der Waals surface area contributed by atoms with E-state index in [0.29, 0.717) is 17.6 Å². The van der Waals surface area contributed by atoms with E-state index >= 15 is 0 Å². The van der Waals surface area contributed by atoms with Crippen LogP contribution in [0.5, 0.6) is 5.75 Å². The van der Waals surface area contributed by atoms with Crippen LogP contribution in [-0.2, 0) is 10.8 Å². The molecule has 0 spiro atoms. The molecule has 0 aliphatic heterocycles. The normalized spacial score (nSPS) is 12.8. The average Bonchev–Trinajstić information content (AvgIpc) is 2.60. The van der Waals surface area contributed by atoms with Crippen LogP contribution in [0.4, 0.5) is 0 Å². The second-order valence-corrected chi connectivity index (χ2v) is 13.7. The van der Waals surface area contributed by atoms with E-state index in [1.807, 2.05) is 17.8 Å². The van der Waals surface area contributed by atoms with Crippen molar-refractivity contribution in [3.05, 3.63) is 52.6 Å². The molecule has 0 bridgehead atoms. The number of hydrogen-bond acceptors (Lipinski definition) is 2. The number of benzene rings is 2. The molecule has 0 heterocycles. The van der Waals surface area contributed by atoms with Gasteiger partial charge in [0.05, 0.1) is 9.52 Å². The lowest BCUT2D eigenvalue weighted by Crippen LogP contribution is -2.24. The van der Waals surface area contributed by atoms with Gasteiger partial charge >= 0.3 is 0 Å². The van der Waals surface area contributed by atoms with Crippen molar-refractivity contribution in [3.8, 4) is 5.75 Å². The summed E-state index contributed by atoms with van der Waals surface area (Å²) in [6.45, 7) is 22.4. The topological polar surface area (TPSA) is 20.2 Å². The summed E-state index contributed by atoms with van der Waals surface area (Å²) in [7, 11) is 0.772. The average molecular weight is 441 g/mol. The van der Waals surface area contributed by atoms with Crippen LogP contribution in [-0.4, -0.2) is 20.0 Å². The molecule has 0 saturated heterocycles. The summed E-state index contributed by atoms with van der Waals surface area (Å²) < 4.78 is 0. The minimum atomic E-state index is -0.0749. The number of hydrogen-bond donors (Lipinski definition) is 1. The van der Waals surface area contributed by atoms with E-state index in [2.05, 4.69) is 93.5 Å². The van der Waals surface area contributed by atoms with Crippen molar-refractivity contribution in [3.63, 3.8) is 0 Å². The molecule has 1 nitrogen and oxygen atoms in total. The molecule has 0 fully saturated rings. The molecule has 0 saturated carbocycles. The second kappa shape index (κ2) is 9.52. The third-order valence-corrected chi connectivity index (χ3v) is 8.16. The number of phenols is 1. The fourth-order valence-corrected chi connectivity index (χ4v) is 7.04. The Morgan fingerprint density at radius 1 is 0.867 bits per heavy atom. The Bertz CT molecular complexity index is 870. The molecule has 0 atom stereocenters. The van der Waals surface area contributed by atoms with Crippen molar-refractivity contribution < 1.29 is 5.11 Å². The number of aromatic hydroxyl groups is 1. The Morgan fingerprint density at radius 2 is 1.47 bits per heavy atom. The van der Waals surface area contributed by atoms with Gasteiger partial charge in [-0.1, -0.05) is 92.6 Å². The first kappa shape index (κ1) is 25.1. The predicted molar refractivity (Wildman–Crippen MR) is 136 cm³/mol. The van der Waals surface area contributed by atoms with Crippen molar-refractivity contribution in [1.82, 2.24) is 0 Å². The summed E-state index contributed by atoms with van der Waals surface area (Å²) in [5.74, 6) is 1.52. The fraction of sp³-hybridized carbons (Fsp3) is 0.556. The highest BCUT2D eigenvalue weighted by molar-refractivity contribution is 8.00. The summed E-state index contributed by atoms with van der Waals surface area (Å²) in [4.78, 5) is 1.31. The van der Waals surface area contributed by atoms with Crippen LogP contribution in [0.2, 0.25) is 0 Å². The largest absolute Gasteiger partial charge is 0.508 e. The van der Waals surface area contributed by atoms with Crippen molar-refractivity contribution in [2.75, 3.05) is 5.38 Å². The van der Waals surface area contributed by atoms with E-state index in [1.165, 1.54) is 21.2 Å². The third kappa shape index (κ3) is 5.94. The maximum absolute atomic E-state index is 10.7. The van der Waals surface area contributed by atoms with Gasteiger partial charge in [0.1, 0.15) is 5.75 Å². The smallest absolute Gasteiger partial charge is 0.119 e. The molecule has 164 valence electrons. The summed E-state index contributed by atoms with van der Waals surface area (Å²) in [6.07, 6.45) is 0. The molecular weight excluding hydrogens is 400 g/mol. The van der Waals surface area contributed by atoms with Crippen molar-refractivity contribution in [2.24, 2.45) is 0 Å². The van der Waals surface area contributed by atoms with E-state index in [0.717, 1.165) is 20.5 Å². The van der Waals surface area contributed by atoms with Gasteiger partial charge in [0.25, 0.3) is 0 Å². The monoisotopic (exact) mass is 440 g/mol. The summed E-state index contributed by atoms with van der Waals surface area (Å²) in [6, 6.07) is 11.1. The molecule has 0 unspecified atom stereocenters. The first-order valence-electron chi connectivity index (χ1n) is 11.1.